The first-order valence-corrected chi connectivity index (χ1v) is 9.62. The van der Waals surface area contributed by atoms with E-state index in [2.05, 4.69) is 24.5 Å². The monoisotopic (exact) mass is 388 g/mol. The van der Waals surface area contributed by atoms with E-state index in [9.17, 15) is 14.4 Å². The Labute approximate surface area is 162 Å². The third-order valence-electron chi connectivity index (χ3n) is 3.81. The van der Waals surface area contributed by atoms with Crippen molar-refractivity contribution in [3.8, 4) is 0 Å². The van der Waals surface area contributed by atoms with Crippen molar-refractivity contribution in [2.75, 3.05) is 19.0 Å². The SMILES string of the molecule is COC(=O)c1c(CC(C)C)csc1NC(=O)CCNC(=O)c1ccccc1. The summed E-state index contributed by atoms with van der Waals surface area (Å²) in [7, 11) is 1.32. The number of carbonyl (C=O) groups is 3. The van der Waals surface area contributed by atoms with E-state index in [0.717, 1.165) is 12.0 Å². The zero-order valence-corrected chi connectivity index (χ0v) is 16.5. The summed E-state index contributed by atoms with van der Waals surface area (Å²) < 4.78 is 4.86. The number of amides is 2. The van der Waals surface area contributed by atoms with Crippen LogP contribution >= 0.6 is 11.3 Å². The molecular formula is C20H24N2O4S. The number of hydrogen-bond donors (Lipinski definition) is 2. The first-order chi connectivity index (χ1) is 12.9. The van der Waals surface area contributed by atoms with E-state index in [1.54, 1.807) is 24.3 Å². The number of esters is 1. The van der Waals surface area contributed by atoms with Gasteiger partial charge in [0.2, 0.25) is 5.91 Å². The molecule has 0 spiro atoms. The second kappa shape index (κ2) is 9.87. The molecule has 1 aromatic carbocycles. The Kier molecular flexibility index (Phi) is 7.55. The van der Waals surface area contributed by atoms with Crippen LogP contribution in [0.5, 0.6) is 0 Å². The van der Waals surface area contributed by atoms with Crippen LogP contribution in [-0.2, 0) is 16.0 Å². The highest BCUT2D eigenvalue weighted by Gasteiger charge is 2.21. The van der Waals surface area contributed by atoms with E-state index >= 15 is 0 Å². The maximum atomic E-state index is 12.2. The zero-order chi connectivity index (χ0) is 19.8. The van der Waals surface area contributed by atoms with Crippen molar-refractivity contribution in [3.05, 3.63) is 52.4 Å². The van der Waals surface area contributed by atoms with Gasteiger partial charge in [-0.05, 0) is 35.4 Å². The van der Waals surface area contributed by atoms with Crippen molar-refractivity contribution in [3.63, 3.8) is 0 Å². The van der Waals surface area contributed by atoms with Gasteiger partial charge in [-0.25, -0.2) is 4.79 Å². The molecular weight excluding hydrogens is 364 g/mol. The minimum atomic E-state index is -0.459. The van der Waals surface area contributed by atoms with E-state index in [4.69, 9.17) is 4.74 Å². The molecule has 6 nitrogen and oxygen atoms in total. The first kappa shape index (κ1) is 20.6. The molecule has 7 heteroatoms. The molecule has 0 bridgehead atoms. The van der Waals surface area contributed by atoms with Crippen LogP contribution in [0.3, 0.4) is 0 Å². The minimum absolute atomic E-state index is 0.108. The molecule has 0 radical (unpaired) electrons. The number of nitrogens with one attached hydrogen (secondary N) is 2. The van der Waals surface area contributed by atoms with Crippen LogP contribution < -0.4 is 10.6 Å². The third-order valence-corrected chi connectivity index (χ3v) is 4.76. The number of hydrogen-bond acceptors (Lipinski definition) is 5. The molecule has 0 fully saturated rings. The largest absolute Gasteiger partial charge is 0.465 e. The molecule has 0 aliphatic rings. The molecule has 0 aliphatic heterocycles. The highest BCUT2D eigenvalue weighted by Crippen LogP contribution is 2.30. The molecule has 0 aliphatic carbocycles. The molecule has 0 saturated carbocycles. The normalized spacial score (nSPS) is 10.5. The van der Waals surface area contributed by atoms with E-state index in [1.165, 1.54) is 18.4 Å². The van der Waals surface area contributed by atoms with E-state index < -0.39 is 5.97 Å². The maximum absolute atomic E-state index is 12.2. The summed E-state index contributed by atoms with van der Waals surface area (Å²) in [5, 5.41) is 7.83. The van der Waals surface area contributed by atoms with Gasteiger partial charge < -0.3 is 15.4 Å². The molecule has 0 saturated heterocycles. The second-order valence-corrected chi connectivity index (χ2v) is 7.35. The van der Waals surface area contributed by atoms with Crippen LogP contribution in [0.1, 0.15) is 46.5 Å². The maximum Gasteiger partial charge on any atom is 0.341 e. The van der Waals surface area contributed by atoms with E-state index in [0.29, 0.717) is 22.0 Å². The number of thiophene rings is 1. The quantitative estimate of drug-likeness (QED) is 0.678. The van der Waals surface area contributed by atoms with Crippen molar-refractivity contribution in [1.82, 2.24) is 5.32 Å². The lowest BCUT2D eigenvalue weighted by molar-refractivity contribution is -0.116. The number of rotatable bonds is 8. The lowest BCUT2D eigenvalue weighted by Crippen LogP contribution is -2.27. The number of carbonyl (C=O) groups excluding carboxylic acids is 3. The molecule has 2 amide bonds. The van der Waals surface area contributed by atoms with Gasteiger partial charge in [0.05, 0.1) is 12.7 Å². The van der Waals surface area contributed by atoms with Crippen LogP contribution in [-0.4, -0.2) is 31.4 Å². The summed E-state index contributed by atoms with van der Waals surface area (Å²) in [6.07, 6.45) is 0.834. The average molecular weight is 388 g/mol. The summed E-state index contributed by atoms with van der Waals surface area (Å²) in [5.74, 6) is -0.584. The average Bonchev–Trinajstić information content (AvgIpc) is 3.03. The molecule has 1 heterocycles. The molecule has 144 valence electrons. The van der Waals surface area contributed by atoms with Crippen molar-refractivity contribution in [1.29, 1.82) is 0 Å². The molecule has 2 aromatic rings. The van der Waals surface area contributed by atoms with Gasteiger partial charge in [0.15, 0.2) is 0 Å². The fraction of sp³-hybridized carbons (Fsp3) is 0.350. The van der Waals surface area contributed by atoms with Crippen molar-refractivity contribution >= 4 is 34.1 Å². The first-order valence-electron chi connectivity index (χ1n) is 8.74. The second-order valence-electron chi connectivity index (χ2n) is 6.47. The Hall–Kier alpha value is -2.67. The summed E-state index contributed by atoms with van der Waals surface area (Å²) in [6.45, 7) is 4.33. The van der Waals surface area contributed by atoms with Crippen LogP contribution in [0, 0.1) is 5.92 Å². The summed E-state index contributed by atoms with van der Waals surface area (Å²) in [6, 6.07) is 8.81. The Morgan fingerprint density at radius 1 is 1.15 bits per heavy atom. The highest BCUT2D eigenvalue weighted by atomic mass is 32.1. The Morgan fingerprint density at radius 2 is 1.85 bits per heavy atom. The fourth-order valence-electron chi connectivity index (χ4n) is 2.57. The Bertz CT molecular complexity index is 800. The highest BCUT2D eigenvalue weighted by molar-refractivity contribution is 7.15. The van der Waals surface area contributed by atoms with Gasteiger partial charge in [-0.15, -0.1) is 11.3 Å². The number of anilines is 1. The van der Waals surface area contributed by atoms with Crippen molar-refractivity contribution < 1.29 is 19.1 Å². The van der Waals surface area contributed by atoms with Gasteiger partial charge in [0, 0.05) is 18.5 Å². The zero-order valence-electron chi connectivity index (χ0n) is 15.7. The fourth-order valence-corrected chi connectivity index (χ4v) is 3.55. The molecule has 1 aromatic heterocycles. The van der Waals surface area contributed by atoms with Crippen molar-refractivity contribution in [2.24, 2.45) is 5.92 Å². The standard InChI is InChI=1S/C20H24N2O4S/c1-13(2)11-15-12-27-19(17(15)20(25)26-3)22-16(23)9-10-21-18(24)14-7-5-4-6-8-14/h4-8,12-13H,9-11H2,1-3H3,(H,21,24)(H,22,23). The van der Waals surface area contributed by atoms with Gasteiger partial charge in [-0.3, -0.25) is 9.59 Å². The summed E-state index contributed by atoms with van der Waals surface area (Å²) >= 11 is 1.31. The van der Waals surface area contributed by atoms with E-state index in [-0.39, 0.29) is 24.8 Å². The number of ether oxygens (including phenoxy) is 1. The van der Waals surface area contributed by atoms with Crippen LogP contribution in [0.4, 0.5) is 5.00 Å². The lowest BCUT2D eigenvalue weighted by Gasteiger charge is -2.09. The lowest BCUT2D eigenvalue weighted by atomic mass is 10.0. The van der Waals surface area contributed by atoms with Gasteiger partial charge >= 0.3 is 5.97 Å². The molecule has 0 atom stereocenters. The van der Waals surface area contributed by atoms with Gasteiger partial charge in [0.25, 0.3) is 5.91 Å². The van der Waals surface area contributed by atoms with Gasteiger partial charge in [-0.2, -0.15) is 0 Å². The Balaban J connectivity index is 1.94. The van der Waals surface area contributed by atoms with Crippen molar-refractivity contribution in [2.45, 2.75) is 26.7 Å². The molecule has 0 unspecified atom stereocenters. The molecule has 2 N–H and O–H groups in total. The topological polar surface area (TPSA) is 84.5 Å². The predicted octanol–water partition coefficient (Wildman–Crippen LogP) is 3.49. The Morgan fingerprint density at radius 3 is 2.48 bits per heavy atom. The van der Waals surface area contributed by atoms with Crippen LogP contribution in [0.2, 0.25) is 0 Å². The molecule has 2 rings (SSSR count). The summed E-state index contributed by atoms with van der Waals surface area (Å²) in [5.41, 5.74) is 1.83. The van der Waals surface area contributed by atoms with Crippen LogP contribution in [0.25, 0.3) is 0 Å². The third kappa shape index (κ3) is 5.92. The van der Waals surface area contributed by atoms with Gasteiger partial charge in [-0.1, -0.05) is 32.0 Å². The summed E-state index contributed by atoms with van der Waals surface area (Å²) in [4.78, 5) is 36.3. The van der Waals surface area contributed by atoms with Crippen LogP contribution in [0.15, 0.2) is 35.7 Å². The minimum Gasteiger partial charge on any atom is -0.465 e. The molecule has 27 heavy (non-hydrogen) atoms. The van der Waals surface area contributed by atoms with E-state index in [1.807, 2.05) is 11.4 Å². The predicted molar refractivity (Wildman–Crippen MR) is 106 cm³/mol. The van der Waals surface area contributed by atoms with Gasteiger partial charge in [0.1, 0.15) is 5.00 Å². The number of methoxy groups -OCH3 is 1. The number of benzene rings is 1. The smallest absolute Gasteiger partial charge is 0.341 e.